The highest BCUT2D eigenvalue weighted by Crippen LogP contribution is 2.25. The second kappa shape index (κ2) is 5.09. The van der Waals surface area contributed by atoms with Gasteiger partial charge in [0.05, 0.1) is 6.42 Å². The van der Waals surface area contributed by atoms with Crippen LogP contribution in [0, 0.1) is 0 Å². The fraction of sp³-hybridized carbons (Fsp3) is 0.250. The zero-order valence-electron chi connectivity index (χ0n) is 8.90. The lowest BCUT2D eigenvalue weighted by molar-refractivity contribution is -0.120. The van der Waals surface area contributed by atoms with Crippen LogP contribution in [0.25, 0.3) is 10.1 Å². The molecule has 0 radical (unpaired) electrons. The maximum absolute atomic E-state index is 11.6. The molecule has 0 bridgehead atoms. The van der Waals surface area contributed by atoms with Crippen molar-refractivity contribution in [1.29, 1.82) is 0 Å². The number of hydrogen-bond donors (Lipinski definition) is 2. The smallest absolute Gasteiger partial charge is 0.224 e. The quantitative estimate of drug-likeness (QED) is 0.842. The minimum atomic E-state index is 0.0361. The third-order valence-electron chi connectivity index (χ3n) is 2.38. The molecule has 2 aromatic rings. The minimum absolute atomic E-state index is 0.0361. The Hall–Kier alpha value is -1.39. The van der Waals surface area contributed by atoms with Gasteiger partial charge in [0.25, 0.3) is 0 Å². The normalized spacial score (nSPS) is 10.6. The van der Waals surface area contributed by atoms with E-state index in [1.807, 2.05) is 17.5 Å². The lowest BCUT2D eigenvalue weighted by Gasteiger charge is -2.02. The summed E-state index contributed by atoms with van der Waals surface area (Å²) in [6.07, 6.45) is 0.435. The summed E-state index contributed by atoms with van der Waals surface area (Å²) in [5, 5.41) is 6.00. The highest BCUT2D eigenvalue weighted by Gasteiger charge is 2.07. The van der Waals surface area contributed by atoms with Gasteiger partial charge in [0.2, 0.25) is 5.91 Å². The first-order valence-corrected chi connectivity index (χ1v) is 6.11. The molecule has 0 atom stereocenters. The van der Waals surface area contributed by atoms with Gasteiger partial charge in [0.15, 0.2) is 0 Å². The summed E-state index contributed by atoms with van der Waals surface area (Å²) in [5.74, 6) is 0.0361. The topological polar surface area (TPSA) is 55.1 Å². The van der Waals surface area contributed by atoms with Crippen LogP contribution < -0.4 is 11.1 Å². The molecule has 16 heavy (non-hydrogen) atoms. The first kappa shape index (κ1) is 11.1. The van der Waals surface area contributed by atoms with E-state index < -0.39 is 0 Å². The molecule has 3 N–H and O–H groups in total. The molecule has 84 valence electrons. The van der Waals surface area contributed by atoms with Crippen LogP contribution in [0.3, 0.4) is 0 Å². The highest BCUT2D eigenvalue weighted by molar-refractivity contribution is 7.17. The second-order valence-corrected chi connectivity index (χ2v) is 4.48. The van der Waals surface area contributed by atoms with Crippen LogP contribution in [0.1, 0.15) is 5.56 Å². The standard InChI is InChI=1S/C12H14N2OS/c13-5-6-14-12(15)7-9-8-16-11-4-2-1-3-10(9)11/h1-4,8H,5-7,13H2,(H,14,15). The molecule has 0 fully saturated rings. The third-order valence-corrected chi connectivity index (χ3v) is 3.39. The molecule has 0 spiro atoms. The Morgan fingerprint density at radius 1 is 1.38 bits per heavy atom. The predicted molar refractivity (Wildman–Crippen MR) is 67.6 cm³/mol. The van der Waals surface area contributed by atoms with Gasteiger partial charge in [-0.25, -0.2) is 0 Å². The largest absolute Gasteiger partial charge is 0.355 e. The maximum atomic E-state index is 11.6. The molecule has 1 heterocycles. The van der Waals surface area contributed by atoms with E-state index in [9.17, 15) is 4.79 Å². The van der Waals surface area contributed by atoms with E-state index in [0.717, 1.165) is 5.56 Å². The summed E-state index contributed by atoms with van der Waals surface area (Å²) in [6.45, 7) is 1.02. The molecule has 4 heteroatoms. The summed E-state index contributed by atoms with van der Waals surface area (Å²) in [5.41, 5.74) is 6.42. The monoisotopic (exact) mass is 234 g/mol. The summed E-state index contributed by atoms with van der Waals surface area (Å²) < 4.78 is 1.23. The molecule has 0 aliphatic carbocycles. The number of carbonyl (C=O) groups excluding carboxylic acids is 1. The number of fused-ring (bicyclic) bond motifs is 1. The SMILES string of the molecule is NCCNC(=O)Cc1csc2ccccc12. The molecule has 0 unspecified atom stereocenters. The van der Waals surface area contributed by atoms with E-state index in [4.69, 9.17) is 5.73 Å². The zero-order valence-corrected chi connectivity index (χ0v) is 9.72. The summed E-state index contributed by atoms with van der Waals surface area (Å²) in [6, 6.07) is 8.13. The molecule has 1 aromatic heterocycles. The Morgan fingerprint density at radius 2 is 2.19 bits per heavy atom. The molecule has 0 aliphatic rings. The van der Waals surface area contributed by atoms with Gasteiger partial charge in [-0.15, -0.1) is 11.3 Å². The molecule has 3 nitrogen and oxygen atoms in total. The summed E-state index contributed by atoms with van der Waals surface area (Å²) >= 11 is 1.68. The van der Waals surface area contributed by atoms with Crippen LogP contribution >= 0.6 is 11.3 Å². The van der Waals surface area contributed by atoms with Gasteiger partial charge >= 0.3 is 0 Å². The van der Waals surface area contributed by atoms with Crippen molar-refractivity contribution < 1.29 is 4.79 Å². The van der Waals surface area contributed by atoms with Crippen LogP contribution in [0.2, 0.25) is 0 Å². The lowest BCUT2D eigenvalue weighted by Crippen LogP contribution is -2.30. The molecular formula is C12H14N2OS. The Bertz CT molecular complexity index is 492. The number of nitrogens with one attached hydrogen (secondary N) is 1. The first-order chi connectivity index (χ1) is 7.81. The van der Waals surface area contributed by atoms with E-state index in [0.29, 0.717) is 19.5 Å². The van der Waals surface area contributed by atoms with Crippen molar-refractivity contribution in [1.82, 2.24) is 5.32 Å². The minimum Gasteiger partial charge on any atom is -0.355 e. The summed E-state index contributed by atoms with van der Waals surface area (Å²) in [7, 11) is 0. The maximum Gasteiger partial charge on any atom is 0.224 e. The van der Waals surface area contributed by atoms with Gasteiger partial charge in [0, 0.05) is 17.8 Å². The van der Waals surface area contributed by atoms with Crippen molar-refractivity contribution >= 4 is 27.3 Å². The molecule has 0 saturated heterocycles. The molecule has 1 aromatic carbocycles. The van der Waals surface area contributed by atoms with E-state index in [1.165, 1.54) is 10.1 Å². The fourth-order valence-corrected chi connectivity index (χ4v) is 2.58. The average Bonchev–Trinajstić information content (AvgIpc) is 2.70. The van der Waals surface area contributed by atoms with Crippen molar-refractivity contribution in [2.75, 3.05) is 13.1 Å². The molecule has 0 saturated carbocycles. The number of nitrogens with two attached hydrogens (primary N) is 1. The van der Waals surface area contributed by atoms with Gasteiger partial charge in [0.1, 0.15) is 0 Å². The van der Waals surface area contributed by atoms with E-state index in [-0.39, 0.29) is 5.91 Å². The van der Waals surface area contributed by atoms with E-state index >= 15 is 0 Å². The van der Waals surface area contributed by atoms with Crippen LogP contribution in [0.5, 0.6) is 0 Å². The van der Waals surface area contributed by atoms with Crippen LogP contribution in [-0.2, 0) is 11.2 Å². The number of benzene rings is 1. The highest BCUT2D eigenvalue weighted by atomic mass is 32.1. The van der Waals surface area contributed by atoms with Crippen molar-refractivity contribution in [3.05, 3.63) is 35.2 Å². The third kappa shape index (κ3) is 2.40. The van der Waals surface area contributed by atoms with Gasteiger partial charge in [-0.1, -0.05) is 18.2 Å². The summed E-state index contributed by atoms with van der Waals surface area (Å²) in [4.78, 5) is 11.6. The fourth-order valence-electron chi connectivity index (χ4n) is 1.62. The van der Waals surface area contributed by atoms with Crippen LogP contribution in [-0.4, -0.2) is 19.0 Å². The first-order valence-electron chi connectivity index (χ1n) is 5.23. The number of hydrogen-bond acceptors (Lipinski definition) is 3. The van der Waals surface area contributed by atoms with Gasteiger partial charge in [-0.3, -0.25) is 4.79 Å². The van der Waals surface area contributed by atoms with Crippen LogP contribution in [0.4, 0.5) is 0 Å². The molecular weight excluding hydrogens is 220 g/mol. The van der Waals surface area contributed by atoms with Crippen molar-refractivity contribution in [2.24, 2.45) is 5.73 Å². The lowest BCUT2D eigenvalue weighted by atomic mass is 10.1. The van der Waals surface area contributed by atoms with E-state index in [1.54, 1.807) is 11.3 Å². The van der Waals surface area contributed by atoms with Crippen molar-refractivity contribution in [3.63, 3.8) is 0 Å². The Balaban J connectivity index is 2.12. The van der Waals surface area contributed by atoms with Gasteiger partial charge in [-0.05, 0) is 22.4 Å². The Labute approximate surface area is 98.3 Å². The molecule has 0 aliphatic heterocycles. The van der Waals surface area contributed by atoms with Gasteiger partial charge < -0.3 is 11.1 Å². The van der Waals surface area contributed by atoms with Crippen molar-refractivity contribution in [3.8, 4) is 0 Å². The van der Waals surface area contributed by atoms with Crippen molar-refractivity contribution in [2.45, 2.75) is 6.42 Å². The average molecular weight is 234 g/mol. The number of carbonyl (C=O) groups is 1. The molecule has 2 rings (SSSR count). The number of amides is 1. The number of thiophene rings is 1. The van der Waals surface area contributed by atoms with E-state index in [2.05, 4.69) is 17.4 Å². The molecule has 1 amide bonds. The second-order valence-electron chi connectivity index (χ2n) is 3.57. The predicted octanol–water partition coefficient (Wildman–Crippen LogP) is 1.52. The van der Waals surface area contributed by atoms with Gasteiger partial charge in [-0.2, -0.15) is 0 Å². The Morgan fingerprint density at radius 3 is 3.00 bits per heavy atom. The zero-order chi connectivity index (χ0) is 11.4. The Kier molecular flexibility index (Phi) is 3.54. The number of rotatable bonds is 4. The van der Waals surface area contributed by atoms with Crippen LogP contribution in [0.15, 0.2) is 29.6 Å².